The maximum absolute atomic E-state index is 12.6. The predicted molar refractivity (Wildman–Crippen MR) is 83.9 cm³/mol. The number of carbonyl (C=O) groups excluding carboxylic acids is 1. The molecule has 0 rings (SSSR count). The number of hydrazine groups is 1. The van der Waals surface area contributed by atoms with E-state index in [-0.39, 0.29) is 23.4 Å². The van der Waals surface area contributed by atoms with E-state index in [1.54, 1.807) is 0 Å². The van der Waals surface area contributed by atoms with Crippen molar-refractivity contribution in [1.82, 2.24) is 5.43 Å². The monoisotopic (exact) mass is 307 g/mol. The normalized spacial score (nSPS) is 9.45. The lowest BCUT2D eigenvalue weighted by molar-refractivity contribution is -0.106. The van der Waals surface area contributed by atoms with Gasteiger partial charge in [-0.2, -0.15) is 0 Å². The van der Waals surface area contributed by atoms with Crippen LogP contribution in [0.2, 0.25) is 0 Å². The van der Waals surface area contributed by atoms with Gasteiger partial charge in [0.15, 0.2) is 0 Å². The first-order valence-corrected chi connectivity index (χ1v) is 6.07. The minimum absolute atomic E-state index is 0.00407. The Morgan fingerprint density at radius 1 is 1.35 bits per heavy atom. The number of rotatable bonds is 4. The molecule has 0 bridgehead atoms. The van der Waals surface area contributed by atoms with Crippen LogP contribution >= 0.6 is 12.2 Å². The molecule has 7 heteroatoms. The van der Waals surface area contributed by atoms with Crippen molar-refractivity contribution in [2.75, 3.05) is 0 Å². The molecule has 4 nitrogen and oxygen atoms in total. The molecule has 0 radical (unpaired) electrons. The summed E-state index contributed by atoms with van der Waals surface area (Å²) in [5.41, 5.74) is 6.34. The molecule has 0 aromatic carbocycles. The van der Waals surface area contributed by atoms with Gasteiger partial charge in [0.05, 0.1) is 4.99 Å². The Bertz CT molecular complexity index is 353. The Morgan fingerprint density at radius 2 is 1.70 bits per heavy atom. The molecule has 0 aliphatic carbocycles. The SMILES string of the molecule is C=C(F)/C=C(/CC(=S)NN)C(=C)F.CC(C)C.NC=O. The maximum atomic E-state index is 12.6. The number of halogens is 2. The van der Waals surface area contributed by atoms with Gasteiger partial charge in [0.25, 0.3) is 0 Å². The van der Waals surface area contributed by atoms with E-state index in [2.05, 4.69) is 57.3 Å². The fourth-order valence-electron chi connectivity index (χ4n) is 0.638. The third-order valence-corrected chi connectivity index (χ3v) is 1.45. The second kappa shape index (κ2) is 15.5. The van der Waals surface area contributed by atoms with Gasteiger partial charge in [0, 0.05) is 6.42 Å². The van der Waals surface area contributed by atoms with E-state index in [1.807, 2.05) is 0 Å². The Kier molecular flexibility index (Phi) is 18.2. The van der Waals surface area contributed by atoms with E-state index in [9.17, 15) is 8.78 Å². The van der Waals surface area contributed by atoms with Gasteiger partial charge in [0.1, 0.15) is 11.7 Å². The molecular formula is C13H23F2N3OS. The van der Waals surface area contributed by atoms with Gasteiger partial charge >= 0.3 is 0 Å². The van der Waals surface area contributed by atoms with Gasteiger partial charge in [-0.25, -0.2) is 8.78 Å². The molecule has 0 heterocycles. The van der Waals surface area contributed by atoms with Crippen LogP contribution in [0.4, 0.5) is 8.78 Å². The van der Waals surface area contributed by atoms with Gasteiger partial charge in [-0.15, -0.1) is 0 Å². The second-order valence-electron chi connectivity index (χ2n) is 4.13. The molecule has 0 aromatic heterocycles. The Morgan fingerprint density at radius 3 is 1.90 bits per heavy atom. The van der Waals surface area contributed by atoms with Crippen molar-refractivity contribution in [2.45, 2.75) is 27.2 Å². The first kappa shape index (κ1) is 23.5. The highest BCUT2D eigenvalue weighted by Crippen LogP contribution is 2.16. The van der Waals surface area contributed by atoms with E-state index in [4.69, 9.17) is 10.6 Å². The van der Waals surface area contributed by atoms with Crippen LogP contribution < -0.4 is 17.0 Å². The molecular weight excluding hydrogens is 284 g/mol. The molecule has 0 aromatic rings. The molecule has 0 saturated carbocycles. The molecule has 0 fully saturated rings. The summed E-state index contributed by atoms with van der Waals surface area (Å²) in [6.45, 7) is 12.5. The van der Waals surface area contributed by atoms with Crippen molar-refractivity contribution in [3.8, 4) is 0 Å². The molecule has 20 heavy (non-hydrogen) atoms. The van der Waals surface area contributed by atoms with Gasteiger partial charge in [-0.1, -0.05) is 46.1 Å². The highest BCUT2D eigenvalue weighted by Gasteiger charge is 2.05. The largest absolute Gasteiger partial charge is 0.372 e. The van der Waals surface area contributed by atoms with Crippen LogP contribution in [0.25, 0.3) is 0 Å². The lowest BCUT2D eigenvalue weighted by atomic mass is 10.1. The Balaban J connectivity index is -0.000000343. The van der Waals surface area contributed by atoms with Crippen LogP contribution in [-0.2, 0) is 4.79 Å². The number of carbonyl (C=O) groups is 1. The van der Waals surface area contributed by atoms with Crippen molar-refractivity contribution in [2.24, 2.45) is 17.5 Å². The van der Waals surface area contributed by atoms with E-state index in [0.717, 1.165) is 12.0 Å². The van der Waals surface area contributed by atoms with E-state index in [0.29, 0.717) is 0 Å². The van der Waals surface area contributed by atoms with E-state index in [1.165, 1.54) is 0 Å². The fourth-order valence-corrected chi connectivity index (χ4v) is 0.794. The number of hydrogen-bond donors (Lipinski definition) is 3. The van der Waals surface area contributed by atoms with Crippen molar-refractivity contribution >= 4 is 23.6 Å². The minimum Gasteiger partial charge on any atom is -0.372 e. The standard InChI is InChI=1S/C8H10F2N2S.C4H10.CH3NO/c1-5(9)3-7(6(2)10)4-8(13)12-11;1-4(2)3;2-1-3/h3H,1-2,4,11H2,(H,12,13);4H,1-3H3;1H,(H2,2,3)/b7-3-;;. The van der Waals surface area contributed by atoms with E-state index < -0.39 is 11.7 Å². The average molecular weight is 307 g/mol. The second-order valence-corrected chi connectivity index (χ2v) is 4.63. The summed E-state index contributed by atoms with van der Waals surface area (Å²) in [5.74, 6) is 4.29. The fraction of sp³-hybridized carbons (Fsp3) is 0.385. The Hall–Kier alpha value is -1.60. The third-order valence-electron chi connectivity index (χ3n) is 1.19. The number of nitrogens with one attached hydrogen (secondary N) is 1. The Labute approximate surface area is 124 Å². The molecule has 0 unspecified atom stereocenters. The summed E-state index contributed by atoms with van der Waals surface area (Å²) < 4.78 is 24.9. The lowest BCUT2D eigenvalue weighted by Crippen LogP contribution is -2.28. The van der Waals surface area contributed by atoms with Gasteiger partial charge < -0.3 is 11.2 Å². The smallest absolute Gasteiger partial charge is 0.204 e. The average Bonchev–Trinajstić information content (AvgIpc) is 2.27. The van der Waals surface area contributed by atoms with Crippen molar-refractivity contribution in [3.05, 3.63) is 36.5 Å². The highest BCUT2D eigenvalue weighted by molar-refractivity contribution is 7.80. The van der Waals surface area contributed by atoms with Crippen LogP contribution in [0.15, 0.2) is 36.5 Å². The zero-order valence-electron chi connectivity index (χ0n) is 12.1. The number of primary amides is 1. The number of thiocarbonyl (C=S) groups is 1. The quantitative estimate of drug-likeness (QED) is 0.245. The number of hydrogen-bond acceptors (Lipinski definition) is 3. The summed E-state index contributed by atoms with van der Waals surface area (Å²) in [7, 11) is 0. The lowest BCUT2D eigenvalue weighted by Gasteiger charge is -2.04. The van der Waals surface area contributed by atoms with Crippen molar-refractivity contribution in [1.29, 1.82) is 0 Å². The van der Waals surface area contributed by atoms with E-state index >= 15 is 0 Å². The van der Waals surface area contributed by atoms with Crippen molar-refractivity contribution in [3.63, 3.8) is 0 Å². The molecule has 0 spiro atoms. The molecule has 0 atom stereocenters. The maximum Gasteiger partial charge on any atom is 0.204 e. The summed E-state index contributed by atoms with van der Waals surface area (Å²) in [6, 6.07) is 0. The van der Waals surface area contributed by atoms with Crippen LogP contribution in [-0.4, -0.2) is 11.4 Å². The van der Waals surface area contributed by atoms with Gasteiger partial charge in [-0.05, 0) is 17.6 Å². The third kappa shape index (κ3) is 25.3. The minimum atomic E-state index is -0.756. The van der Waals surface area contributed by atoms with Crippen LogP contribution in [0, 0.1) is 5.92 Å². The zero-order chi connectivity index (χ0) is 16.7. The number of nitrogens with two attached hydrogens (primary N) is 2. The van der Waals surface area contributed by atoms with Crippen LogP contribution in [0.5, 0.6) is 0 Å². The molecule has 5 N–H and O–H groups in total. The molecule has 0 aliphatic rings. The highest BCUT2D eigenvalue weighted by atomic mass is 32.1. The topological polar surface area (TPSA) is 81.1 Å². The first-order valence-electron chi connectivity index (χ1n) is 5.66. The van der Waals surface area contributed by atoms with Crippen molar-refractivity contribution < 1.29 is 13.6 Å². The molecule has 0 aliphatic heterocycles. The molecule has 1 amide bonds. The van der Waals surface area contributed by atoms with Gasteiger partial charge in [0.2, 0.25) is 6.41 Å². The summed E-state index contributed by atoms with van der Waals surface area (Å²) in [4.78, 5) is 8.78. The summed E-state index contributed by atoms with van der Waals surface area (Å²) in [5, 5.41) is 0. The molecule has 0 saturated heterocycles. The van der Waals surface area contributed by atoms with Crippen LogP contribution in [0.1, 0.15) is 27.2 Å². The zero-order valence-corrected chi connectivity index (χ0v) is 12.9. The molecule has 116 valence electrons. The first-order chi connectivity index (χ1) is 9.11. The number of allylic oxidation sites excluding steroid dienone is 3. The van der Waals surface area contributed by atoms with Crippen LogP contribution in [0.3, 0.4) is 0 Å². The summed E-state index contributed by atoms with van der Waals surface area (Å²) in [6.07, 6.45) is 1.18. The summed E-state index contributed by atoms with van der Waals surface area (Å²) >= 11 is 4.67. The predicted octanol–water partition coefficient (Wildman–Crippen LogP) is 2.82. The number of amides is 1. The van der Waals surface area contributed by atoms with Gasteiger partial charge in [-0.3, -0.25) is 10.6 Å².